The van der Waals surface area contributed by atoms with Crippen LogP contribution in [0.2, 0.25) is 0 Å². The topological polar surface area (TPSA) is 68.5 Å². The number of likely N-dealkylation sites (N-methyl/N-ethyl adjacent to an activating group) is 1. The van der Waals surface area contributed by atoms with Gasteiger partial charge in [-0.3, -0.25) is 9.78 Å². The number of aromatic nitrogens is 1. The van der Waals surface area contributed by atoms with E-state index in [4.69, 9.17) is 10.5 Å². The molecule has 2 heterocycles. The molecule has 0 aliphatic carbocycles. The van der Waals surface area contributed by atoms with Gasteiger partial charge in [0.25, 0.3) is 5.91 Å². The Morgan fingerprint density at radius 1 is 1.63 bits per heavy atom. The van der Waals surface area contributed by atoms with Crippen molar-refractivity contribution in [2.24, 2.45) is 0 Å². The summed E-state index contributed by atoms with van der Waals surface area (Å²) in [4.78, 5) is 18.7. The van der Waals surface area contributed by atoms with E-state index in [9.17, 15) is 4.79 Å². The minimum absolute atomic E-state index is 0.000220. The van der Waals surface area contributed by atoms with Crippen LogP contribution in [0.15, 0.2) is 18.5 Å². The number of anilines is 1. The van der Waals surface area contributed by atoms with Crippen molar-refractivity contribution in [1.29, 1.82) is 0 Å². The van der Waals surface area contributed by atoms with E-state index in [1.54, 1.807) is 31.5 Å². The highest BCUT2D eigenvalue weighted by Gasteiger charge is 2.22. The van der Waals surface area contributed by atoms with E-state index in [0.717, 1.165) is 10.1 Å². The van der Waals surface area contributed by atoms with E-state index in [2.05, 4.69) is 4.98 Å². The predicted molar refractivity (Wildman–Crippen MR) is 77.5 cm³/mol. The van der Waals surface area contributed by atoms with E-state index in [1.807, 2.05) is 13.0 Å². The Balaban J connectivity index is 2.33. The zero-order valence-electron chi connectivity index (χ0n) is 11.2. The molecular weight excluding hydrogens is 262 g/mol. The van der Waals surface area contributed by atoms with E-state index in [-0.39, 0.29) is 11.9 Å². The number of thiophene rings is 1. The number of carbonyl (C=O) groups is 1. The van der Waals surface area contributed by atoms with Crippen molar-refractivity contribution in [3.05, 3.63) is 23.3 Å². The summed E-state index contributed by atoms with van der Waals surface area (Å²) < 4.78 is 6.00. The van der Waals surface area contributed by atoms with E-state index in [1.165, 1.54) is 11.3 Å². The average molecular weight is 279 g/mol. The minimum atomic E-state index is -0.0803. The van der Waals surface area contributed by atoms with Crippen LogP contribution in [0.3, 0.4) is 0 Å². The summed E-state index contributed by atoms with van der Waals surface area (Å²) in [6, 6.07) is 1.83. The maximum absolute atomic E-state index is 12.4. The van der Waals surface area contributed by atoms with Crippen molar-refractivity contribution < 1.29 is 9.53 Å². The number of rotatable bonds is 4. The number of pyridine rings is 1. The lowest BCUT2D eigenvalue weighted by molar-refractivity contribution is 0.0639. The number of nitrogens with zero attached hydrogens (tertiary/aromatic N) is 2. The first-order valence-electron chi connectivity index (χ1n) is 5.94. The molecule has 1 unspecified atom stereocenters. The van der Waals surface area contributed by atoms with Crippen LogP contribution in [0.1, 0.15) is 16.6 Å². The number of carbonyl (C=O) groups excluding carboxylic acids is 1. The standard InChI is InChI=1S/C13H17N3O2S/c1-8(7-18-3)16(2)13(17)12-11(14)9-4-5-15-6-10(9)19-12/h4-6,8H,7,14H2,1-3H3. The Morgan fingerprint density at radius 2 is 2.37 bits per heavy atom. The lowest BCUT2D eigenvalue weighted by atomic mass is 10.2. The Morgan fingerprint density at radius 3 is 3.00 bits per heavy atom. The van der Waals surface area contributed by atoms with Gasteiger partial charge < -0.3 is 15.4 Å². The van der Waals surface area contributed by atoms with Gasteiger partial charge >= 0.3 is 0 Å². The highest BCUT2D eigenvalue weighted by molar-refractivity contribution is 7.21. The smallest absolute Gasteiger partial charge is 0.266 e. The monoisotopic (exact) mass is 279 g/mol. The molecule has 2 N–H and O–H groups in total. The maximum atomic E-state index is 12.4. The SMILES string of the molecule is COCC(C)N(C)C(=O)c1sc2cnccc2c1N. The Labute approximate surface area is 116 Å². The van der Waals surface area contributed by atoms with Crippen LogP contribution in [-0.2, 0) is 4.74 Å². The van der Waals surface area contributed by atoms with Gasteiger partial charge in [-0.25, -0.2) is 0 Å². The summed E-state index contributed by atoms with van der Waals surface area (Å²) in [5, 5.41) is 0.885. The molecule has 0 bridgehead atoms. The summed E-state index contributed by atoms with van der Waals surface area (Å²) in [5.41, 5.74) is 6.59. The molecule has 102 valence electrons. The van der Waals surface area contributed by atoms with E-state index in [0.29, 0.717) is 17.2 Å². The maximum Gasteiger partial charge on any atom is 0.266 e. The van der Waals surface area contributed by atoms with Crippen LogP contribution in [0.5, 0.6) is 0 Å². The fraction of sp³-hybridized carbons (Fsp3) is 0.385. The van der Waals surface area contributed by atoms with E-state index >= 15 is 0 Å². The molecule has 1 amide bonds. The quantitative estimate of drug-likeness (QED) is 0.929. The second kappa shape index (κ2) is 5.54. The fourth-order valence-corrected chi connectivity index (χ4v) is 2.92. The van der Waals surface area contributed by atoms with Crippen LogP contribution in [-0.4, -0.2) is 42.6 Å². The third-order valence-electron chi connectivity index (χ3n) is 3.11. The molecule has 2 aromatic heterocycles. The molecule has 6 heteroatoms. The van der Waals surface area contributed by atoms with Crippen LogP contribution >= 0.6 is 11.3 Å². The summed E-state index contributed by atoms with van der Waals surface area (Å²) in [6.45, 7) is 2.43. The van der Waals surface area contributed by atoms with Gasteiger partial charge in [0.05, 0.1) is 23.0 Å². The van der Waals surface area contributed by atoms with Crippen LogP contribution in [0.4, 0.5) is 5.69 Å². The molecule has 0 radical (unpaired) electrons. The number of ether oxygens (including phenoxy) is 1. The first-order chi connectivity index (χ1) is 9.06. The number of methoxy groups -OCH3 is 1. The zero-order valence-corrected chi connectivity index (χ0v) is 12.0. The molecule has 2 aromatic rings. The fourth-order valence-electron chi connectivity index (χ4n) is 1.84. The summed E-state index contributed by atoms with van der Waals surface area (Å²) in [5.74, 6) is -0.0803. The second-order valence-electron chi connectivity index (χ2n) is 4.44. The molecule has 1 atom stereocenters. The highest BCUT2D eigenvalue weighted by Crippen LogP contribution is 2.33. The Bertz CT molecular complexity index is 597. The molecule has 0 aliphatic rings. The Hall–Kier alpha value is -1.66. The van der Waals surface area contributed by atoms with Gasteiger partial charge in [-0.1, -0.05) is 0 Å². The molecule has 0 saturated heterocycles. The summed E-state index contributed by atoms with van der Waals surface area (Å²) in [7, 11) is 3.38. The van der Waals surface area contributed by atoms with Crippen molar-refractivity contribution in [2.45, 2.75) is 13.0 Å². The molecule has 5 nitrogen and oxygen atoms in total. The highest BCUT2D eigenvalue weighted by atomic mass is 32.1. The van der Waals surface area contributed by atoms with Gasteiger partial charge in [-0.2, -0.15) is 0 Å². The number of fused-ring (bicyclic) bond motifs is 1. The molecule has 0 fully saturated rings. The molecule has 0 spiro atoms. The first-order valence-corrected chi connectivity index (χ1v) is 6.76. The largest absolute Gasteiger partial charge is 0.397 e. The van der Waals surface area contributed by atoms with Gasteiger partial charge in [-0.15, -0.1) is 11.3 Å². The van der Waals surface area contributed by atoms with Gasteiger partial charge in [0, 0.05) is 31.9 Å². The molecular formula is C13H17N3O2S. The van der Waals surface area contributed by atoms with Gasteiger partial charge in [-0.05, 0) is 13.0 Å². The summed E-state index contributed by atoms with van der Waals surface area (Å²) in [6.07, 6.45) is 3.41. The Kier molecular flexibility index (Phi) is 4.01. The van der Waals surface area contributed by atoms with Crippen LogP contribution < -0.4 is 5.73 Å². The first kappa shape index (κ1) is 13.8. The second-order valence-corrected chi connectivity index (χ2v) is 5.49. The van der Waals surface area contributed by atoms with Crippen molar-refractivity contribution >= 4 is 33.0 Å². The number of amides is 1. The predicted octanol–water partition coefficient (Wildman–Crippen LogP) is 1.99. The molecule has 0 saturated carbocycles. The number of hydrogen-bond acceptors (Lipinski definition) is 5. The molecule has 0 aliphatic heterocycles. The van der Waals surface area contributed by atoms with E-state index < -0.39 is 0 Å². The van der Waals surface area contributed by atoms with Crippen molar-refractivity contribution in [1.82, 2.24) is 9.88 Å². The normalized spacial score (nSPS) is 12.6. The third-order valence-corrected chi connectivity index (χ3v) is 4.26. The van der Waals surface area contributed by atoms with Crippen LogP contribution in [0.25, 0.3) is 10.1 Å². The molecule has 2 rings (SSSR count). The third kappa shape index (κ3) is 2.54. The lowest BCUT2D eigenvalue weighted by Gasteiger charge is -2.23. The van der Waals surface area contributed by atoms with Crippen molar-refractivity contribution in [3.8, 4) is 0 Å². The molecule has 0 aromatic carbocycles. The van der Waals surface area contributed by atoms with Gasteiger partial charge in [0.2, 0.25) is 0 Å². The van der Waals surface area contributed by atoms with Crippen molar-refractivity contribution in [2.75, 3.05) is 26.5 Å². The average Bonchev–Trinajstić information content (AvgIpc) is 2.75. The zero-order chi connectivity index (χ0) is 14.0. The lowest BCUT2D eigenvalue weighted by Crippen LogP contribution is -2.37. The van der Waals surface area contributed by atoms with Gasteiger partial charge in [0.15, 0.2) is 0 Å². The van der Waals surface area contributed by atoms with Gasteiger partial charge in [0.1, 0.15) is 4.88 Å². The van der Waals surface area contributed by atoms with Crippen molar-refractivity contribution in [3.63, 3.8) is 0 Å². The minimum Gasteiger partial charge on any atom is -0.397 e. The van der Waals surface area contributed by atoms with Crippen LogP contribution in [0, 0.1) is 0 Å². The number of nitrogen functional groups attached to an aromatic ring is 1. The number of nitrogens with two attached hydrogens (primary N) is 1. The summed E-state index contributed by atoms with van der Waals surface area (Å²) >= 11 is 1.38. The molecule has 19 heavy (non-hydrogen) atoms. The number of hydrogen-bond donors (Lipinski definition) is 1.